The maximum Gasteiger partial charge on any atom is 0.338 e. The minimum atomic E-state index is -0.568. The molecule has 3 N–H and O–H groups in total. The number of hydrogen-bond donors (Lipinski definition) is 3. The van der Waals surface area contributed by atoms with E-state index in [2.05, 4.69) is 10.6 Å². The van der Waals surface area contributed by atoms with Crippen molar-refractivity contribution in [1.29, 1.82) is 0 Å². The summed E-state index contributed by atoms with van der Waals surface area (Å²) >= 11 is 1.94. The fraction of sp³-hybridized carbons (Fsp3) is 0.474. The Morgan fingerprint density at radius 3 is 2.81 bits per heavy atom. The van der Waals surface area contributed by atoms with Gasteiger partial charge in [-0.1, -0.05) is 12.1 Å². The lowest BCUT2D eigenvalue weighted by Gasteiger charge is -2.31. The van der Waals surface area contributed by atoms with Crippen LogP contribution in [0.4, 0.5) is 4.79 Å². The number of thioether (sulfide) groups is 1. The predicted molar refractivity (Wildman–Crippen MR) is 104 cm³/mol. The first kappa shape index (κ1) is 19.6. The number of esters is 1. The molecule has 1 aromatic carbocycles. The molecule has 0 bridgehead atoms. The highest BCUT2D eigenvalue weighted by Gasteiger charge is 2.35. The van der Waals surface area contributed by atoms with Gasteiger partial charge in [0.25, 0.3) is 0 Å². The molecule has 7 nitrogen and oxygen atoms in total. The van der Waals surface area contributed by atoms with Crippen molar-refractivity contribution >= 4 is 23.8 Å². The van der Waals surface area contributed by atoms with Crippen LogP contribution >= 0.6 is 11.8 Å². The Labute approximate surface area is 163 Å². The van der Waals surface area contributed by atoms with Crippen LogP contribution in [0, 0.1) is 0 Å². The predicted octanol–water partition coefficient (Wildman–Crippen LogP) is 0.498. The second-order valence-electron chi connectivity index (χ2n) is 6.46. The van der Waals surface area contributed by atoms with Crippen LogP contribution in [0.15, 0.2) is 35.5 Å². The third kappa shape index (κ3) is 4.75. The molecule has 0 saturated carbocycles. The van der Waals surface area contributed by atoms with Crippen LogP contribution in [0.5, 0.6) is 5.75 Å². The number of methoxy groups -OCH3 is 1. The minimum absolute atomic E-state index is 0.279. The fourth-order valence-electron chi connectivity index (χ4n) is 3.37. The number of carbonyl (C=O) groups is 2. The Kier molecular flexibility index (Phi) is 6.63. The van der Waals surface area contributed by atoms with Gasteiger partial charge in [0.1, 0.15) is 12.3 Å². The van der Waals surface area contributed by atoms with E-state index in [1.807, 2.05) is 36.0 Å². The van der Waals surface area contributed by atoms with Crippen molar-refractivity contribution in [2.45, 2.75) is 13.0 Å². The third-order valence-corrected chi connectivity index (χ3v) is 5.69. The number of urea groups is 1. The standard InChI is InChI=1S/C19H25N3O4S/c1-3-26-18(23)16-15(12-22-7-9-27-10-8-22)20-19(24)21-17(16)13-5-4-6-14(11-13)25-2/h4-6,11,17H,3,7-10,12H2,1-2H3,(H2,20,21,24)/p+1/t17-/m0/s1. The van der Waals surface area contributed by atoms with E-state index in [0.717, 1.165) is 30.2 Å². The summed E-state index contributed by atoms with van der Waals surface area (Å²) in [5.74, 6) is 2.44. The first-order chi connectivity index (χ1) is 13.1. The van der Waals surface area contributed by atoms with E-state index >= 15 is 0 Å². The van der Waals surface area contributed by atoms with E-state index in [-0.39, 0.29) is 12.6 Å². The number of carbonyl (C=O) groups excluding carboxylic acids is 2. The van der Waals surface area contributed by atoms with Gasteiger partial charge in [-0.25, -0.2) is 9.59 Å². The van der Waals surface area contributed by atoms with Crippen molar-refractivity contribution in [3.63, 3.8) is 0 Å². The molecule has 0 unspecified atom stereocenters. The van der Waals surface area contributed by atoms with Crippen LogP contribution in [0.1, 0.15) is 18.5 Å². The zero-order chi connectivity index (χ0) is 19.2. The second kappa shape index (κ2) is 9.14. The quantitative estimate of drug-likeness (QED) is 0.615. The lowest BCUT2D eigenvalue weighted by atomic mass is 9.94. The molecule has 2 amide bonds. The Morgan fingerprint density at radius 1 is 1.33 bits per heavy atom. The molecule has 0 radical (unpaired) electrons. The molecule has 1 saturated heterocycles. The third-order valence-electron chi connectivity index (χ3n) is 4.70. The molecule has 0 aliphatic carbocycles. The minimum Gasteiger partial charge on any atom is -0.497 e. The van der Waals surface area contributed by atoms with E-state index in [4.69, 9.17) is 9.47 Å². The zero-order valence-electron chi connectivity index (χ0n) is 15.7. The van der Waals surface area contributed by atoms with E-state index in [0.29, 0.717) is 23.6 Å². The molecule has 1 fully saturated rings. The highest BCUT2D eigenvalue weighted by Crippen LogP contribution is 2.29. The lowest BCUT2D eigenvalue weighted by Crippen LogP contribution is -3.14. The van der Waals surface area contributed by atoms with Gasteiger partial charge in [-0.2, -0.15) is 11.8 Å². The van der Waals surface area contributed by atoms with Gasteiger partial charge in [-0.15, -0.1) is 0 Å². The summed E-state index contributed by atoms with van der Waals surface area (Å²) < 4.78 is 10.6. The van der Waals surface area contributed by atoms with Crippen LogP contribution < -0.4 is 20.3 Å². The zero-order valence-corrected chi connectivity index (χ0v) is 16.5. The SMILES string of the molecule is CCOC(=O)C1=C(C[NH+]2CCSCC2)NC(=O)N[C@H]1c1cccc(OC)c1. The van der Waals surface area contributed by atoms with E-state index in [1.54, 1.807) is 14.0 Å². The van der Waals surface area contributed by atoms with Crippen LogP contribution in [0.25, 0.3) is 0 Å². The van der Waals surface area contributed by atoms with Gasteiger partial charge < -0.3 is 25.0 Å². The molecule has 2 heterocycles. The molecule has 27 heavy (non-hydrogen) atoms. The van der Waals surface area contributed by atoms with Crippen LogP contribution in [-0.4, -0.2) is 56.9 Å². The van der Waals surface area contributed by atoms with E-state index < -0.39 is 12.0 Å². The summed E-state index contributed by atoms with van der Waals surface area (Å²) in [7, 11) is 1.59. The number of quaternary nitrogens is 1. The number of rotatable bonds is 6. The van der Waals surface area contributed by atoms with Gasteiger partial charge in [0, 0.05) is 11.5 Å². The van der Waals surface area contributed by atoms with Crippen LogP contribution in [0.3, 0.4) is 0 Å². The molecule has 1 aromatic rings. The topological polar surface area (TPSA) is 81.1 Å². The van der Waals surface area contributed by atoms with E-state index in [1.165, 1.54) is 4.90 Å². The summed E-state index contributed by atoms with van der Waals surface area (Å²) in [5, 5.41) is 5.71. The van der Waals surface area contributed by atoms with Crippen molar-refractivity contribution in [2.24, 2.45) is 0 Å². The molecule has 0 aromatic heterocycles. The largest absolute Gasteiger partial charge is 0.497 e. The Balaban J connectivity index is 1.98. The molecule has 2 aliphatic heterocycles. The summed E-state index contributed by atoms with van der Waals surface area (Å²) in [6, 6.07) is 6.50. The van der Waals surface area contributed by atoms with Crippen LogP contribution in [0.2, 0.25) is 0 Å². The molecule has 146 valence electrons. The monoisotopic (exact) mass is 392 g/mol. The Morgan fingerprint density at radius 2 is 2.11 bits per heavy atom. The molecular weight excluding hydrogens is 366 g/mol. The fourth-order valence-corrected chi connectivity index (χ4v) is 4.44. The highest BCUT2D eigenvalue weighted by atomic mass is 32.2. The molecular formula is C19H26N3O4S+. The number of benzene rings is 1. The van der Waals surface area contributed by atoms with Crippen molar-refractivity contribution in [3.05, 3.63) is 41.1 Å². The smallest absolute Gasteiger partial charge is 0.338 e. The maximum atomic E-state index is 12.8. The average Bonchev–Trinajstić information content (AvgIpc) is 2.68. The molecule has 8 heteroatoms. The summed E-state index contributed by atoms with van der Waals surface area (Å²) in [4.78, 5) is 26.5. The van der Waals surface area contributed by atoms with Gasteiger partial charge >= 0.3 is 12.0 Å². The number of nitrogens with one attached hydrogen (secondary N) is 3. The molecule has 0 spiro atoms. The highest BCUT2D eigenvalue weighted by molar-refractivity contribution is 7.99. The summed E-state index contributed by atoms with van der Waals surface area (Å²) in [6.07, 6.45) is 0. The van der Waals surface area contributed by atoms with Crippen molar-refractivity contribution in [3.8, 4) is 5.75 Å². The summed E-state index contributed by atoms with van der Waals surface area (Å²) in [5.41, 5.74) is 1.90. The van der Waals surface area contributed by atoms with Gasteiger partial charge in [0.05, 0.1) is 44.1 Å². The Hall–Kier alpha value is -2.19. The van der Waals surface area contributed by atoms with Crippen LogP contribution in [-0.2, 0) is 9.53 Å². The van der Waals surface area contributed by atoms with Gasteiger partial charge in [0.15, 0.2) is 0 Å². The molecule has 1 atom stereocenters. The Bertz CT molecular complexity index is 731. The summed E-state index contributed by atoms with van der Waals surface area (Å²) in [6.45, 7) is 4.68. The number of ether oxygens (including phenoxy) is 2. The maximum absolute atomic E-state index is 12.8. The lowest BCUT2D eigenvalue weighted by molar-refractivity contribution is -0.891. The number of amides is 2. The number of hydrogen-bond acceptors (Lipinski definition) is 5. The average molecular weight is 393 g/mol. The second-order valence-corrected chi connectivity index (χ2v) is 7.68. The van der Waals surface area contributed by atoms with Gasteiger partial charge in [-0.3, -0.25) is 0 Å². The van der Waals surface area contributed by atoms with Crippen molar-refractivity contribution in [1.82, 2.24) is 10.6 Å². The van der Waals surface area contributed by atoms with Gasteiger partial charge in [0.2, 0.25) is 0 Å². The van der Waals surface area contributed by atoms with E-state index in [9.17, 15) is 9.59 Å². The first-order valence-corrected chi connectivity index (χ1v) is 10.3. The molecule has 2 aliphatic rings. The van der Waals surface area contributed by atoms with Gasteiger partial charge in [-0.05, 0) is 24.6 Å². The van der Waals surface area contributed by atoms with Crippen molar-refractivity contribution in [2.75, 3.05) is 44.9 Å². The normalized spacial score (nSPS) is 20.7. The van der Waals surface area contributed by atoms with Crippen molar-refractivity contribution < 1.29 is 24.0 Å². The first-order valence-electron chi connectivity index (χ1n) is 9.15. The molecule has 3 rings (SSSR count).